The third kappa shape index (κ3) is 3.07. The van der Waals surface area contributed by atoms with Crippen LogP contribution in [0.4, 0.5) is 11.4 Å². The number of halogens is 1. The van der Waals surface area contributed by atoms with Crippen LogP contribution in [0.2, 0.25) is 0 Å². The summed E-state index contributed by atoms with van der Waals surface area (Å²) in [5.41, 5.74) is 2.14. The number of aryl methyl sites for hydroxylation is 1. The Morgan fingerprint density at radius 2 is 1.69 bits per heavy atom. The van der Waals surface area contributed by atoms with Gasteiger partial charge in [-0.15, -0.1) is 0 Å². The Hall–Kier alpha value is -3.12. The molecule has 132 valence electrons. The average Bonchev–Trinajstić information content (AvgIpc) is 2.86. The van der Waals surface area contributed by atoms with Gasteiger partial charge in [0.25, 0.3) is 11.8 Å². The van der Waals surface area contributed by atoms with E-state index >= 15 is 0 Å². The number of benzene rings is 2. The van der Waals surface area contributed by atoms with Crippen LogP contribution in [0.25, 0.3) is 0 Å². The highest BCUT2D eigenvalue weighted by Gasteiger charge is 2.39. The van der Waals surface area contributed by atoms with E-state index in [-0.39, 0.29) is 10.7 Å². The number of rotatable bonds is 4. The van der Waals surface area contributed by atoms with Crippen molar-refractivity contribution in [3.63, 3.8) is 0 Å². The number of nitrogens with zero attached hydrogens (tertiary/aromatic N) is 1. The zero-order valence-corrected chi connectivity index (χ0v) is 14.8. The second-order valence-electron chi connectivity index (χ2n) is 5.62. The topological polar surface area (TPSA) is 75.7 Å². The van der Waals surface area contributed by atoms with Crippen molar-refractivity contribution >= 4 is 40.8 Å². The van der Waals surface area contributed by atoms with Crippen molar-refractivity contribution in [3.8, 4) is 0 Å². The minimum atomic E-state index is -0.584. The van der Waals surface area contributed by atoms with Gasteiger partial charge >= 0.3 is 5.97 Å². The molecule has 0 fully saturated rings. The van der Waals surface area contributed by atoms with E-state index in [1.165, 1.54) is 7.11 Å². The molecule has 1 N–H and O–H groups in total. The molecule has 0 unspecified atom stereocenters. The lowest BCUT2D eigenvalue weighted by Crippen LogP contribution is -2.32. The van der Waals surface area contributed by atoms with Crippen molar-refractivity contribution in [2.75, 3.05) is 17.3 Å². The summed E-state index contributed by atoms with van der Waals surface area (Å²) in [5, 5.41) is 2.67. The molecule has 2 aromatic rings. The summed E-state index contributed by atoms with van der Waals surface area (Å²) in [6.07, 6.45) is 0. The molecular weight excluding hydrogens is 356 g/mol. The Kier molecular flexibility index (Phi) is 4.77. The normalized spacial score (nSPS) is 14.0. The van der Waals surface area contributed by atoms with Gasteiger partial charge in [-0.3, -0.25) is 9.59 Å². The quantitative estimate of drug-likeness (QED) is 0.660. The zero-order valence-electron chi connectivity index (χ0n) is 14.1. The predicted octanol–water partition coefficient (Wildman–Crippen LogP) is 3.22. The molecule has 0 atom stereocenters. The maximum atomic E-state index is 12.7. The smallest absolute Gasteiger partial charge is 0.337 e. The summed E-state index contributed by atoms with van der Waals surface area (Å²) in [7, 11) is 1.29. The highest BCUT2D eigenvalue weighted by atomic mass is 35.5. The maximum absolute atomic E-state index is 12.7. The van der Waals surface area contributed by atoms with Gasteiger partial charge in [0.2, 0.25) is 0 Å². The van der Waals surface area contributed by atoms with E-state index in [9.17, 15) is 14.4 Å². The second-order valence-corrected chi connectivity index (χ2v) is 5.99. The molecule has 0 aliphatic carbocycles. The molecule has 0 saturated carbocycles. The Morgan fingerprint density at radius 3 is 2.31 bits per heavy atom. The standard InChI is InChI=1S/C19H15ClN2O4/c1-11-5-3-4-6-14(11)22-17(23)15(20)16(18(22)24)21-13-9-7-12(8-10-13)19(25)26-2/h3-10,21H,1-2H3. The summed E-state index contributed by atoms with van der Waals surface area (Å²) in [6.45, 7) is 1.81. The van der Waals surface area contributed by atoms with Crippen LogP contribution in [-0.2, 0) is 14.3 Å². The predicted molar refractivity (Wildman–Crippen MR) is 98.0 cm³/mol. The molecule has 2 aromatic carbocycles. The van der Waals surface area contributed by atoms with Gasteiger partial charge in [0.05, 0.1) is 18.4 Å². The first-order chi connectivity index (χ1) is 12.4. The minimum Gasteiger partial charge on any atom is -0.465 e. The van der Waals surface area contributed by atoms with E-state index in [4.69, 9.17) is 11.6 Å². The third-order valence-corrected chi connectivity index (χ3v) is 4.31. The summed E-state index contributed by atoms with van der Waals surface area (Å²) >= 11 is 6.11. The number of carbonyl (C=O) groups excluding carboxylic acids is 3. The van der Waals surface area contributed by atoms with Crippen LogP contribution in [0.1, 0.15) is 15.9 Å². The fourth-order valence-corrected chi connectivity index (χ4v) is 2.81. The molecule has 0 saturated heterocycles. The van der Waals surface area contributed by atoms with E-state index in [0.717, 1.165) is 10.5 Å². The number of esters is 1. The summed E-state index contributed by atoms with van der Waals surface area (Å²) < 4.78 is 4.64. The monoisotopic (exact) mass is 370 g/mol. The lowest BCUT2D eigenvalue weighted by molar-refractivity contribution is -0.120. The van der Waals surface area contributed by atoms with Crippen LogP contribution in [-0.4, -0.2) is 24.9 Å². The van der Waals surface area contributed by atoms with Crippen molar-refractivity contribution in [1.29, 1.82) is 0 Å². The Labute approximate surface area is 155 Å². The lowest BCUT2D eigenvalue weighted by Gasteiger charge is -2.17. The van der Waals surface area contributed by atoms with Crippen molar-refractivity contribution in [1.82, 2.24) is 0 Å². The molecule has 0 radical (unpaired) electrons. The molecule has 1 aliphatic rings. The van der Waals surface area contributed by atoms with E-state index < -0.39 is 17.8 Å². The van der Waals surface area contributed by atoms with Gasteiger partial charge in [0, 0.05) is 5.69 Å². The van der Waals surface area contributed by atoms with Gasteiger partial charge in [0.15, 0.2) is 0 Å². The maximum Gasteiger partial charge on any atom is 0.337 e. The van der Waals surface area contributed by atoms with Crippen LogP contribution in [0.5, 0.6) is 0 Å². The number of carbonyl (C=O) groups is 3. The van der Waals surface area contributed by atoms with Gasteiger partial charge in [-0.2, -0.15) is 0 Å². The van der Waals surface area contributed by atoms with Gasteiger partial charge in [-0.1, -0.05) is 29.8 Å². The van der Waals surface area contributed by atoms with Crippen LogP contribution in [0.3, 0.4) is 0 Å². The molecule has 7 heteroatoms. The fourth-order valence-electron chi connectivity index (χ4n) is 2.60. The Bertz CT molecular complexity index is 935. The first-order valence-corrected chi connectivity index (χ1v) is 8.11. The molecule has 0 aromatic heterocycles. The number of hydrogen-bond acceptors (Lipinski definition) is 5. The van der Waals surface area contributed by atoms with E-state index in [1.54, 1.807) is 49.4 Å². The number of para-hydroxylation sites is 1. The number of anilines is 2. The number of imide groups is 1. The van der Waals surface area contributed by atoms with Crippen molar-refractivity contribution < 1.29 is 19.1 Å². The number of nitrogens with one attached hydrogen (secondary N) is 1. The first-order valence-electron chi connectivity index (χ1n) is 7.73. The fraction of sp³-hybridized carbons (Fsp3) is 0.105. The largest absolute Gasteiger partial charge is 0.465 e. The lowest BCUT2D eigenvalue weighted by atomic mass is 10.2. The third-order valence-electron chi connectivity index (χ3n) is 3.96. The van der Waals surface area contributed by atoms with E-state index in [1.807, 2.05) is 6.07 Å². The summed E-state index contributed by atoms with van der Waals surface area (Å²) in [4.78, 5) is 37.7. The van der Waals surface area contributed by atoms with E-state index in [2.05, 4.69) is 10.1 Å². The van der Waals surface area contributed by atoms with Gasteiger partial charge in [-0.05, 0) is 42.8 Å². The first kappa shape index (κ1) is 17.7. The average molecular weight is 371 g/mol. The molecule has 2 amide bonds. The SMILES string of the molecule is COC(=O)c1ccc(NC2=C(Cl)C(=O)N(c3ccccc3C)C2=O)cc1. The van der Waals surface area contributed by atoms with Crippen LogP contribution < -0.4 is 10.2 Å². The Morgan fingerprint density at radius 1 is 1.04 bits per heavy atom. The molecule has 1 aliphatic heterocycles. The van der Waals surface area contributed by atoms with Crippen molar-refractivity contribution in [2.45, 2.75) is 6.92 Å². The summed E-state index contributed by atoms with van der Waals surface area (Å²) in [5.74, 6) is -1.59. The van der Waals surface area contributed by atoms with Crippen LogP contribution >= 0.6 is 11.6 Å². The number of ether oxygens (including phenoxy) is 1. The zero-order chi connectivity index (χ0) is 18.8. The van der Waals surface area contributed by atoms with Gasteiger partial charge < -0.3 is 10.1 Å². The van der Waals surface area contributed by atoms with Gasteiger partial charge in [-0.25, -0.2) is 9.69 Å². The molecule has 3 rings (SSSR count). The molecule has 0 bridgehead atoms. The molecular formula is C19H15ClN2O4. The minimum absolute atomic E-state index is 0.00858. The number of amides is 2. The second kappa shape index (κ2) is 7.01. The molecule has 0 spiro atoms. The van der Waals surface area contributed by atoms with Gasteiger partial charge in [0.1, 0.15) is 10.7 Å². The summed E-state index contributed by atoms with van der Waals surface area (Å²) in [6, 6.07) is 13.3. The molecule has 6 nitrogen and oxygen atoms in total. The molecule has 26 heavy (non-hydrogen) atoms. The van der Waals surface area contributed by atoms with E-state index in [0.29, 0.717) is 16.9 Å². The highest BCUT2D eigenvalue weighted by molar-refractivity contribution is 6.53. The highest BCUT2D eigenvalue weighted by Crippen LogP contribution is 2.31. The van der Waals surface area contributed by atoms with Crippen molar-refractivity contribution in [2.24, 2.45) is 0 Å². The van der Waals surface area contributed by atoms with Crippen LogP contribution in [0.15, 0.2) is 59.3 Å². The van der Waals surface area contributed by atoms with Crippen molar-refractivity contribution in [3.05, 3.63) is 70.4 Å². The number of methoxy groups -OCH3 is 1. The number of hydrogen-bond donors (Lipinski definition) is 1. The molecule has 1 heterocycles. The van der Waals surface area contributed by atoms with Crippen LogP contribution in [0, 0.1) is 6.92 Å². The Balaban J connectivity index is 1.87.